The maximum atomic E-state index is 11.3. The summed E-state index contributed by atoms with van der Waals surface area (Å²) in [4.78, 5) is 12.8. The number of nitriles is 1. The first-order valence-corrected chi connectivity index (χ1v) is 6.54. The van der Waals surface area contributed by atoms with Gasteiger partial charge in [-0.05, 0) is 35.4 Å². The molecule has 0 unspecified atom stereocenters. The molecule has 1 aromatic heterocycles. The number of ether oxygens (including phenoxy) is 1. The second-order valence-electron chi connectivity index (χ2n) is 4.19. The molecule has 2 aromatic rings. The molecule has 0 aliphatic carbocycles. The van der Waals surface area contributed by atoms with E-state index < -0.39 is 5.97 Å². The summed E-state index contributed by atoms with van der Waals surface area (Å²) in [6.45, 7) is 0.521. The van der Waals surface area contributed by atoms with E-state index >= 15 is 0 Å². The van der Waals surface area contributed by atoms with Crippen molar-refractivity contribution >= 4 is 17.3 Å². The molecule has 5 heteroatoms. The average molecular weight is 271 g/mol. The van der Waals surface area contributed by atoms with E-state index in [1.165, 1.54) is 11.3 Å². The van der Waals surface area contributed by atoms with Gasteiger partial charge in [-0.1, -0.05) is 0 Å². The van der Waals surface area contributed by atoms with Gasteiger partial charge >= 0.3 is 5.97 Å². The highest BCUT2D eigenvalue weighted by Gasteiger charge is 2.22. The molecule has 0 fully saturated rings. The van der Waals surface area contributed by atoms with Crippen LogP contribution in [0.5, 0.6) is 5.75 Å². The second kappa shape index (κ2) is 4.41. The number of rotatable bonds is 2. The summed E-state index contributed by atoms with van der Waals surface area (Å²) in [6.07, 6.45) is 0.722. The number of carboxylic acids is 1. The average Bonchev–Trinajstić information content (AvgIpc) is 3.05. The van der Waals surface area contributed by atoms with Crippen molar-refractivity contribution in [2.45, 2.75) is 6.42 Å². The molecule has 1 aliphatic rings. The van der Waals surface area contributed by atoms with E-state index in [9.17, 15) is 9.90 Å². The fourth-order valence-electron chi connectivity index (χ4n) is 2.16. The van der Waals surface area contributed by atoms with Gasteiger partial charge in [-0.2, -0.15) is 5.26 Å². The molecule has 94 valence electrons. The van der Waals surface area contributed by atoms with Crippen LogP contribution in [0.15, 0.2) is 24.3 Å². The molecule has 1 aromatic carbocycles. The van der Waals surface area contributed by atoms with Crippen molar-refractivity contribution in [1.29, 1.82) is 5.26 Å². The quantitative estimate of drug-likeness (QED) is 0.911. The van der Waals surface area contributed by atoms with E-state index in [1.807, 2.05) is 12.1 Å². The number of nitrogens with zero attached hydrogens (tertiary/aromatic N) is 1. The molecule has 1 N–H and O–H groups in total. The molecular weight excluding hydrogens is 262 g/mol. The third kappa shape index (κ3) is 1.96. The van der Waals surface area contributed by atoms with Crippen LogP contribution in [0.4, 0.5) is 0 Å². The lowest BCUT2D eigenvalue weighted by Crippen LogP contribution is -2.00. The molecule has 3 rings (SSSR count). The topological polar surface area (TPSA) is 70.3 Å². The SMILES string of the molecule is N#Cc1ccc(-c2cc3c(c(C(=O)O)c2)OCC3)s1. The zero-order valence-corrected chi connectivity index (χ0v) is 10.7. The van der Waals surface area contributed by atoms with Crippen LogP contribution in [-0.4, -0.2) is 17.7 Å². The van der Waals surface area contributed by atoms with Crippen LogP contribution < -0.4 is 4.74 Å². The van der Waals surface area contributed by atoms with E-state index in [4.69, 9.17) is 10.00 Å². The van der Waals surface area contributed by atoms with Crippen LogP contribution in [0.3, 0.4) is 0 Å². The van der Waals surface area contributed by atoms with Crippen molar-refractivity contribution in [2.75, 3.05) is 6.61 Å². The minimum absolute atomic E-state index is 0.192. The predicted octanol–water partition coefficient (Wildman–Crippen LogP) is 2.92. The molecule has 0 saturated carbocycles. The molecular formula is C14H9NO3S. The summed E-state index contributed by atoms with van der Waals surface area (Å²) in [7, 11) is 0. The van der Waals surface area contributed by atoms with Crippen molar-refractivity contribution < 1.29 is 14.6 Å². The van der Waals surface area contributed by atoms with Gasteiger partial charge in [-0.15, -0.1) is 11.3 Å². The number of carbonyl (C=O) groups is 1. The molecule has 0 spiro atoms. The highest BCUT2D eigenvalue weighted by molar-refractivity contribution is 7.16. The first-order valence-electron chi connectivity index (χ1n) is 5.72. The molecule has 0 bridgehead atoms. The van der Waals surface area contributed by atoms with Crippen LogP contribution in [0.25, 0.3) is 10.4 Å². The summed E-state index contributed by atoms with van der Waals surface area (Å²) in [5, 5.41) is 18.1. The summed E-state index contributed by atoms with van der Waals surface area (Å²) in [5.74, 6) is -0.509. The van der Waals surface area contributed by atoms with Gasteiger partial charge in [0.2, 0.25) is 0 Å². The van der Waals surface area contributed by atoms with Gasteiger partial charge in [-0.25, -0.2) is 4.79 Å². The van der Waals surface area contributed by atoms with Crippen molar-refractivity contribution in [3.63, 3.8) is 0 Å². The summed E-state index contributed by atoms with van der Waals surface area (Å²) in [6, 6.07) is 9.22. The highest BCUT2D eigenvalue weighted by Crippen LogP contribution is 2.36. The fraction of sp³-hybridized carbons (Fsp3) is 0.143. The van der Waals surface area contributed by atoms with E-state index in [-0.39, 0.29) is 5.56 Å². The van der Waals surface area contributed by atoms with Gasteiger partial charge in [-0.3, -0.25) is 0 Å². The third-order valence-corrected chi connectivity index (χ3v) is 4.05. The van der Waals surface area contributed by atoms with Crippen LogP contribution in [0.1, 0.15) is 20.8 Å². The van der Waals surface area contributed by atoms with E-state index in [1.54, 1.807) is 12.1 Å². The van der Waals surface area contributed by atoms with E-state index in [2.05, 4.69) is 6.07 Å². The lowest BCUT2D eigenvalue weighted by atomic mass is 10.0. The Morgan fingerprint density at radius 3 is 2.95 bits per heavy atom. The van der Waals surface area contributed by atoms with Gasteiger partial charge in [0.1, 0.15) is 22.3 Å². The molecule has 2 heterocycles. The smallest absolute Gasteiger partial charge is 0.339 e. The Morgan fingerprint density at radius 2 is 2.26 bits per heavy atom. The monoisotopic (exact) mass is 271 g/mol. The number of aromatic carboxylic acids is 1. The summed E-state index contributed by atoms with van der Waals surface area (Å²) < 4.78 is 5.38. The maximum absolute atomic E-state index is 11.3. The third-order valence-electron chi connectivity index (χ3n) is 3.01. The second-order valence-corrected chi connectivity index (χ2v) is 5.28. The van der Waals surface area contributed by atoms with Gasteiger partial charge in [0, 0.05) is 11.3 Å². The summed E-state index contributed by atoms with van der Waals surface area (Å²) >= 11 is 1.36. The molecule has 0 radical (unpaired) electrons. The van der Waals surface area contributed by atoms with Gasteiger partial charge < -0.3 is 9.84 Å². The Labute approximate surface area is 113 Å². The van der Waals surface area contributed by atoms with Gasteiger partial charge in [0.25, 0.3) is 0 Å². The standard InChI is InChI=1S/C14H9NO3S/c15-7-10-1-2-12(19-10)9-5-8-3-4-18-13(8)11(6-9)14(16)17/h1-2,5-6H,3-4H2,(H,16,17). The molecule has 19 heavy (non-hydrogen) atoms. The molecule has 0 saturated heterocycles. The molecule has 0 atom stereocenters. The number of carboxylic acid groups (broad SMARTS) is 1. The number of hydrogen-bond acceptors (Lipinski definition) is 4. The van der Waals surface area contributed by atoms with Crippen LogP contribution in [0.2, 0.25) is 0 Å². The number of benzene rings is 1. The van der Waals surface area contributed by atoms with Crippen molar-refractivity contribution in [3.05, 3.63) is 40.3 Å². The van der Waals surface area contributed by atoms with Crippen molar-refractivity contribution in [1.82, 2.24) is 0 Å². The maximum Gasteiger partial charge on any atom is 0.339 e. The zero-order chi connectivity index (χ0) is 13.4. The van der Waals surface area contributed by atoms with Crippen LogP contribution in [-0.2, 0) is 6.42 Å². The Bertz CT molecular complexity index is 712. The number of thiophene rings is 1. The lowest BCUT2D eigenvalue weighted by Gasteiger charge is -2.06. The predicted molar refractivity (Wildman–Crippen MR) is 70.6 cm³/mol. The Balaban J connectivity index is 2.15. The van der Waals surface area contributed by atoms with E-state index in [0.717, 1.165) is 22.4 Å². The van der Waals surface area contributed by atoms with Gasteiger partial charge in [0.15, 0.2) is 0 Å². The molecule has 1 aliphatic heterocycles. The van der Waals surface area contributed by atoms with E-state index in [0.29, 0.717) is 17.2 Å². The van der Waals surface area contributed by atoms with Crippen molar-refractivity contribution in [3.8, 4) is 22.3 Å². The lowest BCUT2D eigenvalue weighted by molar-refractivity contribution is 0.0693. The first kappa shape index (κ1) is 11.8. The molecule has 4 nitrogen and oxygen atoms in total. The minimum Gasteiger partial charge on any atom is -0.492 e. The van der Waals surface area contributed by atoms with Crippen molar-refractivity contribution in [2.24, 2.45) is 0 Å². The first-order chi connectivity index (χ1) is 9.19. The zero-order valence-electron chi connectivity index (χ0n) is 9.84. The highest BCUT2D eigenvalue weighted by atomic mass is 32.1. The Morgan fingerprint density at radius 1 is 1.42 bits per heavy atom. The summed E-state index contributed by atoms with van der Waals surface area (Å²) in [5.41, 5.74) is 1.94. The van der Waals surface area contributed by atoms with Crippen LogP contribution >= 0.6 is 11.3 Å². The molecule has 0 amide bonds. The number of hydrogen-bond donors (Lipinski definition) is 1. The van der Waals surface area contributed by atoms with Gasteiger partial charge in [0.05, 0.1) is 6.61 Å². The Kier molecular flexibility index (Phi) is 2.73. The largest absolute Gasteiger partial charge is 0.492 e. The normalized spacial score (nSPS) is 12.6. The Hall–Kier alpha value is -2.32. The number of fused-ring (bicyclic) bond motifs is 1. The fourth-order valence-corrected chi connectivity index (χ4v) is 2.95. The minimum atomic E-state index is -0.989. The van der Waals surface area contributed by atoms with Crippen LogP contribution in [0, 0.1) is 11.3 Å².